The van der Waals surface area contributed by atoms with Crippen LogP contribution in [-0.2, 0) is 4.74 Å². The number of ether oxygens (including phenoxy) is 3. The maximum Gasteiger partial charge on any atom is 0.357 e. The number of hydrazone groups is 1. The Kier molecular flexibility index (Phi) is 4.19. The Balaban J connectivity index is 1.61. The van der Waals surface area contributed by atoms with Crippen LogP contribution in [-0.4, -0.2) is 30.6 Å². The predicted molar refractivity (Wildman–Crippen MR) is 81.9 cm³/mol. The minimum atomic E-state index is -0.438. The van der Waals surface area contributed by atoms with Gasteiger partial charge in [0.05, 0.1) is 12.8 Å². The van der Waals surface area contributed by atoms with E-state index in [9.17, 15) is 4.79 Å². The smallest absolute Gasteiger partial charge is 0.357 e. The van der Waals surface area contributed by atoms with Crippen LogP contribution in [0.1, 0.15) is 23.0 Å². The number of fused-ring (bicyclic) bond motifs is 1. The number of nitrogens with one attached hydrogen (secondary N) is 1. The van der Waals surface area contributed by atoms with Gasteiger partial charge < -0.3 is 14.2 Å². The van der Waals surface area contributed by atoms with Crippen molar-refractivity contribution >= 4 is 28.7 Å². The van der Waals surface area contributed by atoms with Gasteiger partial charge in [0.15, 0.2) is 17.2 Å². The lowest BCUT2D eigenvalue weighted by molar-refractivity contribution is 0.0520. The van der Waals surface area contributed by atoms with E-state index >= 15 is 0 Å². The van der Waals surface area contributed by atoms with Gasteiger partial charge in [0.25, 0.3) is 0 Å². The van der Waals surface area contributed by atoms with Gasteiger partial charge >= 0.3 is 5.97 Å². The Labute approximate surface area is 130 Å². The molecule has 22 heavy (non-hydrogen) atoms. The molecule has 0 bridgehead atoms. The van der Waals surface area contributed by atoms with Crippen molar-refractivity contribution in [1.29, 1.82) is 0 Å². The number of hydrogen-bond donors (Lipinski definition) is 1. The third-order valence-electron chi connectivity index (χ3n) is 2.76. The molecule has 1 aliphatic heterocycles. The highest BCUT2D eigenvalue weighted by Crippen LogP contribution is 2.32. The number of benzene rings is 1. The molecule has 1 aliphatic rings. The van der Waals surface area contributed by atoms with Crippen molar-refractivity contribution in [3.05, 3.63) is 34.8 Å². The molecule has 1 aromatic heterocycles. The standard InChI is InChI=1S/C14H13N3O4S/c1-2-19-13(18)10-7-22-14(16-10)17-15-6-9-3-4-11-12(5-9)21-8-20-11/h3-7H,2,8H2,1H3,(H,16,17)/b15-6+. The second-order valence-corrected chi connectivity index (χ2v) is 5.10. The molecule has 8 heteroatoms. The van der Waals surface area contributed by atoms with Gasteiger partial charge in [0.2, 0.25) is 11.9 Å². The zero-order valence-corrected chi connectivity index (χ0v) is 12.6. The van der Waals surface area contributed by atoms with E-state index < -0.39 is 5.97 Å². The summed E-state index contributed by atoms with van der Waals surface area (Å²) in [6.45, 7) is 2.31. The van der Waals surface area contributed by atoms with Gasteiger partial charge in [0, 0.05) is 5.38 Å². The fraction of sp³-hybridized carbons (Fsp3) is 0.214. The third-order valence-corrected chi connectivity index (χ3v) is 3.51. The zero-order chi connectivity index (χ0) is 15.4. The minimum absolute atomic E-state index is 0.240. The van der Waals surface area contributed by atoms with Crippen molar-refractivity contribution in [3.8, 4) is 11.5 Å². The number of carbonyl (C=O) groups is 1. The second-order valence-electron chi connectivity index (χ2n) is 4.24. The molecule has 114 valence electrons. The average molecular weight is 319 g/mol. The molecule has 7 nitrogen and oxygen atoms in total. The number of carbonyl (C=O) groups excluding carboxylic acids is 1. The molecule has 0 aliphatic carbocycles. The topological polar surface area (TPSA) is 82.0 Å². The molecule has 0 unspecified atom stereocenters. The highest BCUT2D eigenvalue weighted by Gasteiger charge is 2.13. The van der Waals surface area contributed by atoms with Crippen LogP contribution >= 0.6 is 11.3 Å². The summed E-state index contributed by atoms with van der Waals surface area (Å²) in [7, 11) is 0. The molecule has 0 radical (unpaired) electrons. The number of nitrogens with zero attached hydrogens (tertiary/aromatic N) is 2. The van der Waals surface area contributed by atoms with Crippen LogP contribution in [0.3, 0.4) is 0 Å². The molecule has 0 spiro atoms. The summed E-state index contributed by atoms with van der Waals surface area (Å²) in [6.07, 6.45) is 1.63. The van der Waals surface area contributed by atoms with Crippen molar-refractivity contribution < 1.29 is 19.0 Å². The van der Waals surface area contributed by atoms with Gasteiger partial charge in [-0.05, 0) is 30.7 Å². The van der Waals surface area contributed by atoms with Crippen molar-refractivity contribution in [3.63, 3.8) is 0 Å². The Bertz CT molecular complexity index is 714. The van der Waals surface area contributed by atoms with E-state index in [4.69, 9.17) is 14.2 Å². The minimum Gasteiger partial charge on any atom is -0.461 e. The van der Waals surface area contributed by atoms with Gasteiger partial charge in [-0.15, -0.1) is 11.3 Å². The number of aromatic nitrogens is 1. The van der Waals surface area contributed by atoms with E-state index in [1.165, 1.54) is 11.3 Å². The quantitative estimate of drug-likeness (QED) is 0.518. The Morgan fingerprint density at radius 2 is 2.36 bits per heavy atom. The summed E-state index contributed by atoms with van der Waals surface area (Å²) in [4.78, 5) is 15.6. The maximum absolute atomic E-state index is 11.5. The molecular weight excluding hydrogens is 306 g/mol. The van der Waals surface area contributed by atoms with Gasteiger partial charge in [-0.2, -0.15) is 5.10 Å². The lowest BCUT2D eigenvalue weighted by Crippen LogP contribution is -2.04. The van der Waals surface area contributed by atoms with E-state index in [-0.39, 0.29) is 12.5 Å². The summed E-state index contributed by atoms with van der Waals surface area (Å²) in [5, 5.41) is 6.22. The SMILES string of the molecule is CCOC(=O)c1csc(N/N=C/c2ccc3c(c2)OCO3)n1. The monoisotopic (exact) mass is 319 g/mol. The molecule has 0 atom stereocenters. The van der Waals surface area contributed by atoms with Crippen LogP contribution in [0.2, 0.25) is 0 Å². The first kappa shape index (κ1) is 14.3. The summed E-state index contributed by atoms with van der Waals surface area (Å²) in [5.41, 5.74) is 3.91. The third kappa shape index (κ3) is 3.17. The van der Waals surface area contributed by atoms with Gasteiger partial charge in [-0.25, -0.2) is 9.78 Å². The molecule has 2 aromatic rings. The normalized spacial score (nSPS) is 12.6. The highest BCUT2D eigenvalue weighted by atomic mass is 32.1. The van der Waals surface area contributed by atoms with Crippen molar-refractivity contribution in [2.45, 2.75) is 6.92 Å². The summed E-state index contributed by atoms with van der Waals surface area (Å²) in [6, 6.07) is 5.52. The van der Waals surface area contributed by atoms with E-state index in [2.05, 4.69) is 15.5 Å². The van der Waals surface area contributed by atoms with E-state index in [1.807, 2.05) is 18.2 Å². The second kappa shape index (κ2) is 6.44. The summed E-state index contributed by atoms with van der Waals surface area (Å²) >= 11 is 1.28. The first-order valence-electron chi connectivity index (χ1n) is 6.57. The van der Waals surface area contributed by atoms with Crippen LogP contribution in [0.5, 0.6) is 11.5 Å². The summed E-state index contributed by atoms with van der Waals surface area (Å²) < 4.78 is 15.4. The fourth-order valence-electron chi connectivity index (χ4n) is 1.78. The van der Waals surface area contributed by atoms with Crippen LogP contribution in [0, 0.1) is 0 Å². The van der Waals surface area contributed by atoms with Gasteiger partial charge in [0.1, 0.15) is 0 Å². The average Bonchev–Trinajstić information content (AvgIpc) is 3.15. The lowest BCUT2D eigenvalue weighted by atomic mass is 10.2. The molecular formula is C14H13N3O4S. The van der Waals surface area contributed by atoms with Crippen LogP contribution in [0.25, 0.3) is 0 Å². The van der Waals surface area contributed by atoms with E-state index in [0.29, 0.717) is 17.5 Å². The molecule has 0 saturated heterocycles. The first-order chi connectivity index (χ1) is 10.8. The number of rotatable bonds is 5. The summed E-state index contributed by atoms with van der Waals surface area (Å²) in [5.74, 6) is 0.985. The predicted octanol–water partition coefficient (Wildman–Crippen LogP) is 2.49. The van der Waals surface area contributed by atoms with Crippen LogP contribution in [0.4, 0.5) is 5.13 Å². The molecule has 0 fully saturated rings. The molecule has 1 aromatic carbocycles. The van der Waals surface area contributed by atoms with Crippen LogP contribution in [0.15, 0.2) is 28.7 Å². The van der Waals surface area contributed by atoms with E-state index in [0.717, 1.165) is 11.3 Å². The van der Waals surface area contributed by atoms with Gasteiger partial charge in [-0.3, -0.25) is 5.43 Å². The zero-order valence-electron chi connectivity index (χ0n) is 11.7. The van der Waals surface area contributed by atoms with Crippen molar-refractivity contribution in [2.24, 2.45) is 5.10 Å². The highest BCUT2D eigenvalue weighted by molar-refractivity contribution is 7.13. The largest absolute Gasteiger partial charge is 0.461 e. The maximum atomic E-state index is 11.5. The number of anilines is 1. The van der Waals surface area contributed by atoms with Crippen molar-refractivity contribution in [2.75, 3.05) is 18.8 Å². The van der Waals surface area contributed by atoms with E-state index in [1.54, 1.807) is 18.5 Å². The number of hydrogen-bond acceptors (Lipinski definition) is 8. The fourth-order valence-corrected chi connectivity index (χ4v) is 2.41. The molecule has 1 N–H and O–H groups in total. The Morgan fingerprint density at radius 1 is 1.50 bits per heavy atom. The van der Waals surface area contributed by atoms with Gasteiger partial charge in [-0.1, -0.05) is 0 Å². The lowest BCUT2D eigenvalue weighted by Gasteiger charge is -1.98. The van der Waals surface area contributed by atoms with Crippen LogP contribution < -0.4 is 14.9 Å². The molecule has 0 amide bonds. The number of esters is 1. The molecule has 2 heterocycles. The Hall–Kier alpha value is -2.61. The molecule has 0 saturated carbocycles. The van der Waals surface area contributed by atoms with Crippen molar-refractivity contribution in [1.82, 2.24) is 4.98 Å². The first-order valence-corrected chi connectivity index (χ1v) is 7.45. The Morgan fingerprint density at radius 3 is 3.23 bits per heavy atom. The molecule has 3 rings (SSSR count). The number of thiazole rings is 1.